The van der Waals surface area contributed by atoms with Crippen LogP contribution >= 0.6 is 0 Å². The molecule has 1 amide bonds. The second-order valence-electron chi connectivity index (χ2n) is 4.23. The lowest BCUT2D eigenvalue weighted by Crippen LogP contribution is -2.22. The number of unbranched alkanes of at least 4 members (excludes halogenated alkanes) is 1. The summed E-state index contributed by atoms with van der Waals surface area (Å²) in [6.07, 6.45) is 4.99. The van der Waals surface area contributed by atoms with Crippen molar-refractivity contribution in [2.24, 2.45) is 5.73 Å². The molecule has 1 aromatic carbocycles. The van der Waals surface area contributed by atoms with E-state index in [2.05, 4.69) is 5.32 Å². The van der Waals surface area contributed by atoms with Crippen molar-refractivity contribution in [1.29, 1.82) is 0 Å². The first kappa shape index (κ1) is 16.0. The van der Waals surface area contributed by atoms with Gasteiger partial charge in [-0.1, -0.05) is 0 Å². The number of hydrogen-bond donors (Lipinski definition) is 2. The van der Waals surface area contributed by atoms with Crippen molar-refractivity contribution in [2.45, 2.75) is 12.8 Å². The molecule has 0 unspecified atom stereocenters. The van der Waals surface area contributed by atoms with Gasteiger partial charge in [0.15, 0.2) is 0 Å². The number of amides is 1. The van der Waals surface area contributed by atoms with Gasteiger partial charge in [0.25, 0.3) is 0 Å². The van der Waals surface area contributed by atoms with Crippen LogP contribution in [0.1, 0.15) is 18.4 Å². The number of nitrogens with one attached hydrogen (secondary N) is 1. The third-order valence-electron chi connectivity index (χ3n) is 2.78. The second kappa shape index (κ2) is 8.98. The highest BCUT2D eigenvalue weighted by molar-refractivity contribution is 5.92. The van der Waals surface area contributed by atoms with E-state index in [4.69, 9.17) is 15.2 Å². The molecular formula is C15H22N2O3. The van der Waals surface area contributed by atoms with Crippen molar-refractivity contribution >= 4 is 12.0 Å². The highest BCUT2D eigenvalue weighted by Crippen LogP contribution is 2.24. The molecule has 0 aromatic heterocycles. The van der Waals surface area contributed by atoms with E-state index in [9.17, 15) is 4.79 Å². The molecule has 0 atom stereocenters. The minimum atomic E-state index is -0.133. The lowest BCUT2D eigenvalue weighted by molar-refractivity contribution is -0.116. The molecule has 110 valence electrons. The predicted molar refractivity (Wildman–Crippen MR) is 79.9 cm³/mol. The van der Waals surface area contributed by atoms with Crippen LogP contribution < -0.4 is 20.5 Å². The summed E-state index contributed by atoms with van der Waals surface area (Å²) in [7, 11) is 3.19. The van der Waals surface area contributed by atoms with E-state index in [1.807, 2.05) is 12.1 Å². The van der Waals surface area contributed by atoms with Gasteiger partial charge in [0.1, 0.15) is 11.5 Å². The standard InChI is InChI=1S/C15H22N2O3/c1-19-13-6-7-14(20-2)12(11-13)5-8-15(18)17-10-4-3-9-16/h5-8,11H,3-4,9-10,16H2,1-2H3,(H,17,18)/b8-5+. The van der Waals surface area contributed by atoms with Crippen LogP contribution in [0.4, 0.5) is 0 Å². The number of rotatable bonds is 8. The number of hydrogen-bond acceptors (Lipinski definition) is 4. The van der Waals surface area contributed by atoms with Crippen LogP contribution in [-0.4, -0.2) is 33.2 Å². The maximum atomic E-state index is 11.6. The fourth-order valence-corrected chi connectivity index (χ4v) is 1.67. The van der Waals surface area contributed by atoms with Crippen molar-refractivity contribution in [3.05, 3.63) is 29.8 Å². The van der Waals surface area contributed by atoms with Gasteiger partial charge in [0.05, 0.1) is 14.2 Å². The number of nitrogens with two attached hydrogens (primary N) is 1. The van der Waals surface area contributed by atoms with E-state index in [0.29, 0.717) is 24.6 Å². The zero-order valence-electron chi connectivity index (χ0n) is 12.0. The summed E-state index contributed by atoms with van der Waals surface area (Å²) in [6, 6.07) is 5.43. The topological polar surface area (TPSA) is 73.6 Å². The maximum Gasteiger partial charge on any atom is 0.244 e. The third-order valence-corrected chi connectivity index (χ3v) is 2.78. The molecule has 0 bridgehead atoms. The molecule has 0 saturated carbocycles. The molecule has 0 aliphatic heterocycles. The smallest absolute Gasteiger partial charge is 0.244 e. The number of carbonyl (C=O) groups excluding carboxylic acids is 1. The summed E-state index contributed by atoms with van der Waals surface area (Å²) in [4.78, 5) is 11.6. The third kappa shape index (κ3) is 5.32. The maximum absolute atomic E-state index is 11.6. The minimum absolute atomic E-state index is 0.133. The highest BCUT2D eigenvalue weighted by Gasteiger charge is 2.02. The van der Waals surface area contributed by atoms with Crippen LogP contribution in [0.2, 0.25) is 0 Å². The number of ether oxygens (including phenoxy) is 2. The summed E-state index contributed by atoms with van der Waals surface area (Å²) in [5.74, 6) is 1.28. The monoisotopic (exact) mass is 278 g/mol. The van der Waals surface area contributed by atoms with Crippen molar-refractivity contribution in [3.63, 3.8) is 0 Å². The zero-order valence-corrected chi connectivity index (χ0v) is 12.0. The van der Waals surface area contributed by atoms with E-state index in [1.165, 1.54) is 6.08 Å². The Morgan fingerprint density at radius 3 is 2.75 bits per heavy atom. The van der Waals surface area contributed by atoms with Crippen LogP contribution in [0.3, 0.4) is 0 Å². The predicted octanol–water partition coefficient (Wildman–Crippen LogP) is 1.57. The molecule has 1 aromatic rings. The van der Waals surface area contributed by atoms with Crippen LogP contribution in [0.15, 0.2) is 24.3 Å². The summed E-state index contributed by atoms with van der Waals surface area (Å²) in [5, 5.41) is 2.80. The lowest BCUT2D eigenvalue weighted by Gasteiger charge is -2.07. The SMILES string of the molecule is COc1ccc(OC)c(/C=C/C(=O)NCCCCN)c1. The Morgan fingerprint density at radius 2 is 2.10 bits per heavy atom. The first-order chi connectivity index (χ1) is 9.71. The summed E-state index contributed by atoms with van der Waals surface area (Å²) in [5.41, 5.74) is 6.18. The van der Waals surface area contributed by atoms with E-state index in [1.54, 1.807) is 26.4 Å². The Morgan fingerprint density at radius 1 is 1.30 bits per heavy atom. The first-order valence-corrected chi connectivity index (χ1v) is 6.59. The Balaban J connectivity index is 2.61. The molecule has 0 heterocycles. The largest absolute Gasteiger partial charge is 0.497 e. The molecule has 0 aliphatic carbocycles. The van der Waals surface area contributed by atoms with E-state index in [-0.39, 0.29) is 5.91 Å². The van der Waals surface area contributed by atoms with Gasteiger partial charge < -0.3 is 20.5 Å². The molecular weight excluding hydrogens is 256 g/mol. The van der Waals surface area contributed by atoms with Crippen LogP contribution in [0, 0.1) is 0 Å². The van der Waals surface area contributed by atoms with Gasteiger partial charge in [-0.15, -0.1) is 0 Å². The number of methoxy groups -OCH3 is 2. The van der Waals surface area contributed by atoms with Gasteiger partial charge >= 0.3 is 0 Å². The Kier molecular flexibility index (Phi) is 7.21. The molecule has 0 radical (unpaired) electrons. The molecule has 0 aliphatic rings. The van der Waals surface area contributed by atoms with Gasteiger partial charge in [-0.25, -0.2) is 0 Å². The van der Waals surface area contributed by atoms with Crippen molar-refractivity contribution < 1.29 is 14.3 Å². The van der Waals surface area contributed by atoms with E-state index >= 15 is 0 Å². The number of benzene rings is 1. The van der Waals surface area contributed by atoms with Crippen LogP contribution in [0.5, 0.6) is 11.5 Å². The van der Waals surface area contributed by atoms with Crippen LogP contribution in [-0.2, 0) is 4.79 Å². The average Bonchev–Trinajstić information content (AvgIpc) is 2.49. The number of carbonyl (C=O) groups is 1. The molecule has 5 heteroatoms. The van der Waals surface area contributed by atoms with E-state index in [0.717, 1.165) is 18.4 Å². The Labute approximate surface area is 119 Å². The summed E-state index contributed by atoms with van der Waals surface area (Å²) >= 11 is 0. The molecule has 20 heavy (non-hydrogen) atoms. The fourth-order valence-electron chi connectivity index (χ4n) is 1.67. The van der Waals surface area contributed by atoms with Crippen LogP contribution in [0.25, 0.3) is 6.08 Å². The van der Waals surface area contributed by atoms with Gasteiger partial charge in [0, 0.05) is 18.2 Å². The molecule has 0 spiro atoms. The quantitative estimate of drug-likeness (QED) is 0.559. The summed E-state index contributed by atoms with van der Waals surface area (Å²) in [6.45, 7) is 1.28. The summed E-state index contributed by atoms with van der Waals surface area (Å²) < 4.78 is 10.4. The first-order valence-electron chi connectivity index (χ1n) is 6.59. The van der Waals surface area contributed by atoms with Gasteiger partial charge in [-0.2, -0.15) is 0 Å². The van der Waals surface area contributed by atoms with Gasteiger partial charge in [-0.3, -0.25) is 4.79 Å². The highest BCUT2D eigenvalue weighted by atomic mass is 16.5. The van der Waals surface area contributed by atoms with Gasteiger partial charge in [0.2, 0.25) is 5.91 Å². The van der Waals surface area contributed by atoms with Crippen molar-refractivity contribution in [3.8, 4) is 11.5 Å². The molecule has 3 N–H and O–H groups in total. The van der Waals surface area contributed by atoms with Crippen molar-refractivity contribution in [1.82, 2.24) is 5.32 Å². The molecule has 1 rings (SSSR count). The lowest BCUT2D eigenvalue weighted by atomic mass is 10.1. The molecule has 5 nitrogen and oxygen atoms in total. The molecule has 0 saturated heterocycles. The fraction of sp³-hybridized carbons (Fsp3) is 0.400. The average molecular weight is 278 g/mol. The normalized spacial score (nSPS) is 10.6. The van der Waals surface area contributed by atoms with Gasteiger partial charge in [-0.05, 0) is 43.7 Å². The van der Waals surface area contributed by atoms with E-state index < -0.39 is 0 Å². The van der Waals surface area contributed by atoms with Crippen molar-refractivity contribution in [2.75, 3.05) is 27.3 Å². The minimum Gasteiger partial charge on any atom is -0.497 e. The zero-order chi connectivity index (χ0) is 14.8. The molecule has 0 fully saturated rings. The Hall–Kier alpha value is -2.01. The Bertz CT molecular complexity index is 458. The second-order valence-corrected chi connectivity index (χ2v) is 4.23.